The number of nitrogens with zero attached hydrogens (tertiary/aromatic N) is 3. The van der Waals surface area contributed by atoms with Crippen molar-refractivity contribution in [3.05, 3.63) is 5.82 Å². The molecule has 1 rings (SSSR count). The van der Waals surface area contributed by atoms with Crippen molar-refractivity contribution in [1.82, 2.24) is 20.6 Å². The number of nitrogens with one attached hydrogen (secondary N) is 1. The number of aromatic nitrogens is 4. The Balaban J connectivity index is 2.59. The lowest BCUT2D eigenvalue weighted by molar-refractivity contribution is 0.160. The van der Waals surface area contributed by atoms with Crippen molar-refractivity contribution in [3.63, 3.8) is 0 Å². The molecule has 0 amide bonds. The number of rotatable bonds is 5. The SMILES string of the molecule is CCCC(O[C]=O)c1nnn[nH]1. The molecule has 0 aliphatic heterocycles. The first kappa shape index (κ1) is 8.63. The maximum absolute atomic E-state index is 9.96. The van der Waals surface area contributed by atoms with Gasteiger partial charge in [0.1, 0.15) is 0 Å². The molecule has 0 spiro atoms. The summed E-state index contributed by atoms with van der Waals surface area (Å²) >= 11 is 0. The summed E-state index contributed by atoms with van der Waals surface area (Å²) in [6.45, 7) is 3.35. The van der Waals surface area contributed by atoms with Crippen LogP contribution >= 0.6 is 0 Å². The standard InChI is InChI=1S/C6H9N4O2/c1-2-3-5(12-4-11)6-7-9-10-8-6/h5H,2-3H2,1H3,(H,7,8,9,10). The maximum atomic E-state index is 9.96. The van der Waals surface area contributed by atoms with E-state index in [0.717, 1.165) is 6.42 Å². The molecule has 1 N–H and O–H groups in total. The van der Waals surface area contributed by atoms with E-state index in [-0.39, 0.29) is 0 Å². The number of tetrazole rings is 1. The van der Waals surface area contributed by atoms with Gasteiger partial charge in [-0.1, -0.05) is 13.3 Å². The van der Waals surface area contributed by atoms with Gasteiger partial charge in [-0.3, -0.25) is 0 Å². The molecule has 6 heteroatoms. The Morgan fingerprint density at radius 2 is 2.58 bits per heavy atom. The Morgan fingerprint density at radius 1 is 1.75 bits per heavy atom. The van der Waals surface area contributed by atoms with E-state index in [1.54, 1.807) is 0 Å². The minimum atomic E-state index is -0.400. The Labute approximate surface area is 69.3 Å². The Bertz CT molecular complexity index is 223. The molecule has 1 unspecified atom stereocenters. The van der Waals surface area contributed by atoms with Gasteiger partial charge in [-0.2, -0.15) is 0 Å². The molecule has 0 aliphatic carbocycles. The van der Waals surface area contributed by atoms with Crippen LogP contribution in [0, 0.1) is 0 Å². The summed E-state index contributed by atoms with van der Waals surface area (Å²) in [5.41, 5.74) is 0. The molecule has 1 radical (unpaired) electrons. The number of carbonyl (C=O) groups excluding carboxylic acids is 1. The number of aromatic amines is 1. The molecule has 65 valence electrons. The average molecular weight is 169 g/mol. The molecule has 0 bridgehead atoms. The average Bonchev–Trinajstić information content (AvgIpc) is 2.56. The summed E-state index contributed by atoms with van der Waals surface area (Å²) in [4.78, 5) is 9.96. The molecule has 0 fully saturated rings. The summed E-state index contributed by atoms with van der Waals surface area (Å²) in [6.07, 6.45) is 1.17. The van der Waals surface area contributed by atoms with E-state index in [1.807, 2.05) is 6.92 Å². The van der Waals surface area contributed by atoms with Gasteiger partial charge in [-0.25, -0.2) is 9.89 Å². The van der Waals surface area contributed by atoms with E-state index in [9.17, 15) is 4.79 Å². The van der Waals surface area contributed by atoms with Crippen LogP contribution in [-0.2, 0) is 9.53 Å². The third kappa shape index (κ3) is 2.01. The van der Waals surface area contributed by atoms with Gasteiger partial charge in [0.05, 0.1) is 0 Å². The first-order valence-corrected chi connectivity index (χ1v) is 3.65. The number of ether oxygens (including phenoxy) is 1. The first-order valence-electron chi connectivity index (χ1n) is 3.65. The van der Waals surface area contributed by atoms with Crippen LogP contribution in [0.15, 0.2) is 0 Å². The highest BCUT2D eigenvalue weighted by atomic mass is 16.5. The molecule has 1 aromatic rings. The summed E-state index contributed by atoms with van der Waals surface area (Å²) in [7, 11) is 0. The lowest BCUT2D eigenvalue weighted by Gasteiger charge is -2.07. The zero-order valence-electron chi connectivity index (χ0n) is 6.65. The van der Waals surface area contributed by atoms with Crippen LogP contribution in [0.5, 0.6) is 0 Å². The molecule has 1 heterocycles. The highest BCUT2D eigenvalue weighted by molar-refractivity contribution is 5.38. The third-order valence-corrected chi connectivity index (χ3v) is 1.41. The van der Waals surface area contributed by atoms with Gasteiger partial charge in [0.25, 0.3) is 0 Å². The third-order valence-electron chi connectivity index (χ3n) is 1.41. The Morgan fingerprint density at radius 3 is 3.08 bits per heavy atom. The van der Waals surface area contributed by atoms with Crippen LogP contribution in [0.2, 0.25) is 0 Å². The quantitative estimate of drug-likeness (QED) is 0.677. The molecule has 1 aromatic heterocycles. The largest absolute Gasteiger partial charge is 0.446 e. The maximum Gasteiger partial charge on any atom is 0.418 e. The Hall–Kier alpha value is -1.46. The fraction of sp³-hybridized carbons (Fsp3) is 0.667. The zero-order valence-corrected chi connectivity index (χ0v) is 6.65. The van der Waals surface area contributed by atoms with Gasteiger partial charge in [0.15, 0.2) is 11.9 Å². The van der Waals surface area contributed by atoms with Crippen LogP contribution < -0.4 is 0 Å². The monoisotopic (exact) mass is 169 g/mol. The van der Waals surface area contributed by atoms with Crippen molar-refractivity contribution < 1.29 is 9.53 Å². The van der Waals surface area contributed by atoms with Gasteiger partial charge >= 0.3 is 6.47 Å². The normalized spacial score (nSPS) is 12.4. The second kappa shape index (κ2) is 4.42. The topological polar surface area (TPSA) is 80.8 Å². The van der Waals surface area contributed by atoms with Crippen molar-refractivity contribution >= 4 is 6.47 Å². The van der Waals surface area contributed by atoms with E-state index >= 15 is 0 Å². The van der Waals surface area contributed by atoms with Crippen molar-refractivity contribution in [2.45, 2.75) is 25.9 Å². The molecule has 0 saturated carbocycles. The fourth-order valence-electron chi connectivity index (χ4n) is 0.875. The van der Waals surface area contributed by atoms with Crippen LogP contribution in [0.25, 0.3) is 0 Å². The van der Waals surface area contributed by atoms with Crippen molar-refractivity contribution in [1.29, 1.82) is 0 Å². The molecule has 12 heavy (non-hydrogen) atoms. The van der Waals surface area contributed by atoms with E-state index in [0.29, 0.717) is 12.2 Å². The highest BCUT2D eigenvalue weighted by Crippen LogP contribution is 2.16. The van der Waals surface area contributed by atoms with Crippen LogP contribution in [0.3, 0.4) is 0 Å². The van der Waals surface area contributed by atoms with E-state index in [2.05, 4.69) is 25.4 Å². The predicted molar refractivity (Wildman–Crippen MR) is 38.6 cm³/mol. The van der Waals surface area contributed by atoms with Gasteiger partial charge < -0.3 is 4.74 Å². The van der Waals surface area contributed by atoms with Crippen LogP contribution in [0.1, 0.15) is 31.7 Å². The molecule has 0 aliphatic rings. The van der Waals surface area contributed by atoms with Gasteiger partial charge in [0, 0.05) is 0 Å². The summed E-state index contributed by atoms with van der Waals surface area (Å²) in [6, 6.07) is 0. The number of hydrogen-bond donors (Lipinski definition) is 1. The van der Waals surface area contributed by atoms with Gasteiger partial charge in [-0.15, -0.1) is 5.10 Å². The molecule has 0 saturated heterocycles. The van der Waals surface area contributed by atoms with Gasteiger partial charge in [-0.05, 0) is 16.8 Å². The summed E-state index contributed by atoms with van der Waals surface area (Å²) < 4.78 is 4.65. The van der Waals surface area contributed by atoms with E-state index in [4.69, 9.17) is 0 Å². The number of hydrogen-bond acceptors (Lipinski definition) is 5. The van der Waals surface area contributed by atoms with Crippen molar-refractivity contribution in [3.8, 4) is 0 Å². The molecular formula is C6H9N4O2. The molecule has 6 nitrogen and oxygen atoms in total. The minimum absolute atomic E-state index is 0.400. The number of H-pyrrole nitrogens is 1. The lowest BCUT2D eigenvalue weighted by Crippen LogP contribution is -2.05. The first-order chi connectivity index (χ1) is 5.88. The van der Waals surface area contributed by atoms with Crippen molar-refractivity contribution in [2.75, 3.05) is 0 Å². The predicted octanol–water partition coefficient (Wildman–Crippen LogP) is 0.125. The fourth-order valence-corrected chi connectivity index (χ4v) is 0.875. The Kier molecular flexibility index (Phi) is 3.18. The molecular weight excluding hydrogens is 160 g/mol. The lowest BCUT2D eigenvalue weighted by atomic mass is 10.2. The van der Waals surface area contributed by atoms with E-state index in [1.165, 1.54) is 6.47 Å². The van der Waals surface area contributed by atoms with Crippen LogP contribution in [0.4, 0.5) is 0 Å². The summed E-state index contributed by atoms with van der Waals surface area (Å²) in [5, 5.41) is 12.9. The van der Waals surface area contributed by atoms with Crippen LogP contribution in [-0.4, -0.2) is 27.1 Å². The van der Waals surface area contributed by atoms with E-state index < -0.39 is 6.10 Å². The second-order valence-corrected chi connectivity index (χ2v) is 2.26. The smallest absolute Gasteiger partial charge is 0.418 e. The second-order valence-electron chi connectivity index (χ2n) is 2.26. The van der Waals surface area contributed by atoms with Crippen molar-refractivity contribution in [2.24, 2.45) is 0 Å². The molecule has 1 atom stereocenters. The van der Waals surface area contributed by atoms with Gasteiger partial charge in [0.2, 0.25) is 0 Å². The summed E-state index contributed by atoms with van der Waals surface area (Å²) in [5.74, 6) is 0.459. The molecule has 0 aromatic carbocycles. The zero-order chi connectivity index (χ0) is 8.81. The minimum Gasteiger partial charge on any atom is -0.446 e. The highest BCUT2D eigenvalue weighted by Gasteiger charge is 2.15.